The fraction of sp³-hybridized carbons (Fsp3) is 0.438. The largest absolute Gasteiger partial charge is 0.334 e. The van der Waals surface area contributed by atoms with Crippen LogP contribution < -0.4 is 5.32 Å². The minimum Gasteiger partial charge on any atom is -0.334 e. The molecule has 21 heavy (non-hydrogen) atoms. The van der Waals surface area contributed by atoms with Crippen molar-refractivity contribution in [3.05, 3.63) is 52.0 Å². The van der Waals surface area contributed by atoms with Gasteiger partial charge in [0.15, 0.2) is 0 Å². The monoisotopic (exact) mass is 325 g/mol. The summed E-state index contributed by atoms with van der Waals surface area (Å²) in [7, 11) is 0. The van der Waals surface area contributed by atoms with Crippen LogP contribution in [-0.4, -0.2) is 16.1 Å². The number of aromatic nitrogens is 2. The molecule has 114 valence electrons. The maximum Gasteiger partial charge on any atom is 0.126 e. The highest BCUT2D eigenvalue weighted by molar-refractivity contribution is 6.36. The van der Waals surface area contributed by atoms with E-state index in [9.17, 15) is 0 Å². The minimum atomic E-state index is 0.106. The summed E-state index contributed by atoms with van der Waals surface area (Å²) in [5.41, 5.74) is 0.970. The number of aryl methyl sites for hydroxylation is 1. The third-order valence-corrected chi connectivity index (χ3v) is 4.15. The van der Waals surface area contributed by atoms with Gasteiger partial charge in [-0.1, -0.05) is 43.1 Å². The molecule has 1 N–H and O–H groups in total. The topological polar surface area (TPSA) is 29.9 Å². The van der Waals surface area contributed by atoms with Gasteiger partial charge in [-0.2, -0.15) is 0 Å². The molecular formula is C16H21Cl2N3. The molecule has 0 aliphatic rings. The maximum atomic E-state index is 6.30. The lowest BCUT2D eigenvalue weighted by molar-refractivity contribution is 0.488. The number of benzene rings is 1. The molecule has 0 radical (unpaired) electrons. The molecular weight excluding hydrogens is 305 g/mol. The molecule has 5 heteroatoms. The van der Waals surface area contributed by atoms with E-state index in [0.29, 0.717) is 10.0 Å². The molecule has 0 aliphatic heterocycles. The number of nitrogens with zero attached hydrogens (tertiary/aromatic N) is 2. The van der Waals surface area contributed by atoms with Crippen LogP contribution in [-0.2, 0) is 13.0 Å². The fourth-order valence-corrected chi connectivity index (χ4v) is 3.05. The molecule has 2 rings (SSSR count). The van der Waals surface area contributed by atoms with Gasteiger partial charge in [0.05, 0.1) is 6.04 Å². The molecule has 0 aliphatic carbocycles. The summed E-state index contributed by atoms with van der Waals surface area (Å²) in [5, 5.41) is 4.90. The number of likely N-dealkylation sites (N-methyl/N-ethyl adjacent to an activating group) is 1. The third-order valence-electron chi connectivity index (χ3n) is 3.44. The molecule has 0 saturated heterocycles. The molecule has 1 unspecified atom stereocenters. The summed E-state index contributed by atoms with van der Waals surface area (Å²) in [6.45, 7) is 6.09. The molecule has 3 nitrogen and oxygen atoms in total. The fourth-order valence-electron chi connectivity index (χ4n) is 2.49. The summed E-state index contributed by atoms with van der Waals surface area (Å²) in [4.78, 5) is 4.52. The van der Waals surface area contributed by atoms with Gasteiger partial charge in [0, 0.05) is 29.0 Å². The van der Waals surface area contributed by atoms with Gasteiger partial charge in [-0.25, -0.2) is 4.98 Å². The molecule has 0 saturated carbocycles. The SMILES string of the molecule is CCCn1ccnc1C(Cc1c(Cl)cccc1Cl)NCC. The number of rotatable bonds is 7. The van der Waals surface area contributed by atoms with Crippen molar-refractivity contribution in [2.75, 3.05) is 6.54 Å². The zero-order valence-electron chi connectivity index (χ0n) is 12.4. The van der Waals surface area contributed by atoms with Crippen LogP contribution in [0.1, 0.15) is 37.7 Å². The molecule has 1 aromatic carbocycles. The maximum absolute atomic E-state index is 6.30. The van der Waals surface area contributed by atoms with Crippen LogP contribution in [0.15, 0.2) is 30.6 Å². The van der Waals surface area contributed by atoms with Gasteiger partial charge in [-0.05, 0) is 37.1 Å². The number of hydrogen-bond acceptors (Lipinski definition) is 2. The predicted octanol–water partition coefficient (Wildman–Crippen LogP) is 4.49. The van der Waals surface area contributed by atoms with Crippen LogP contribution in [0.25, 0.3) is 0 Å². The number of hydrogen-bond donors (Lipinski definition) is 1. The lowest BCUT2D eigenvalue weighted by Crippen LogP contribution is -2.26. The quantitative estimate of drug-likeness (QED) is 0.812. The van der Waals surface area contributed by atoms with E-state index in [1.807, 2.05) is 30.6 Å². The van der Waals surface area contributed by atoms with Crippen molar-refractivity contribution in [2.24, 2.45) is 0 Å². The van der Waals surface area contributed by atoms with Crippen molar-refractivity contribution in [3.8, 4) is 0 Å². The smallest absolute Gasteiger partial charge is 0.126 e. The highest BCUT2D eigenvalue weighted by Gasteiger charge is 2.19. The van der Waals surface area contributed by atoms with E-state index in [2.05, 4.69) is 28.7 Å². The Morgan fingerprint density at radius 2 is 1.95 bits per heavy atom. The van der Waals surface area contributed by atoms with Crippen molar-refractivity contribution < 1.29 is 0 Å². The molecule has 2 aromatic rings. The Balaban J connectivity index is 2.29. The Kier molecular flexibility index (Phi) is 6.09. The van der Waals surface area contributed by atoms with Crippen LogP contribution in [0, 0.1) is 0 Å². The second-order valence-corrected chi connectivity index (χ2v) is 5.81. The molecule has 0 bridgehead atoms. The van der Waals surface area contributed by atoms with Crippen molar-refractivity contribution >= 4 is 23.2 Å². The Morgan fingerprint density at radius 3 is 2.57 bits per heavy atom. The predicted molar refractivity (Wildman–Crippen MR) is 89.1 cm³/mol. The Bertz CT molecular complexity index is 560. The van der Waals surface area contributed by atoms with Gasteiger partial charge < -0.3 is 9.88 Å². The van der Waals surface area contributed by atoms with Crippen molar-refractivity contribution in [1.29, 1.82) is 0 Å². The Labute approximate surface area is 136 Å². The van der Waals surface area contributed by atoms with E-state index in [1.54, 1.807) is 0 Å². The Morgan fingerprint density at radius 1 is 1.24 bits per heavy atom. The second kappa shape index (κ2) is 7.83. The molecule has 0 spiro atoms. The first kappa shape index (κ1) is 16.3. The Hall–Kier alpha value is -1.03. The van der Waals surface area contributed by atoms with E-state index in [-0.39, 0.29) is 6.04 Å². The van der Waals surface area contributed by atoms with Crippen LogP contribution in [0.4, 0.5) is 0 Å². The molecule has 0 fully saturated rings. The standard InChI is InChI=1S/C16H21Cl2N3/c1-3-9-21-10-8-20-16(21)15(19-4-2)11-12-13(17)6-5-7-14(12)18/h5-8,10,15,19H,3-4,9,11H2,1-2H3. The zero-order valence-corrected chi connectivity index (χ0v) is 14.0. The van der Waals surface area contributed by atoms with Crippen molar-refractivity contribution in [1.82, 2.24) is 14.9 Å². The van der Waals surface area contributed by atoms with E-state index in [4.69, 9.17) is 23.2 Å². The second-order valence-electron chi connectivity index (χ2n) is 4.99. The van der Waals surface area contributed by atoms with Crippen LogP contribution in [0.3, 0.4) is 0 Å². The van der Waals surface area contributed by atoms with E-state index in [1.165, 1.54) is 0 Å². The molecule has 1 atom stereocenters. The number of imidazole rings is 1. The highest BCUT2D eigenvalue weighted by Crippen LogP contribution is 2.29. The first-order valence-electron chi connectivity index (χ1n) is 7.34. The molecule has 1 heterocycles. The van der Waals surface area contributed by atoms with Crippen LogP contribution >= 0.6 is 23.2 Å². The van der Waals surface area contributed by atoms with E-state index >= 15 is 0 Å². The molecule has 1 aromatic heterocycles. The summed E-state index contributed by atoms with van der Waals surface area (Å²) < 4.78 is 2.19. The van der Waals surface area contributed by atoms with Gasteiger partial charge in [0.25, 0.3) is 0 Å². The molecule has 0 amide bonds. The summed E-state index contributed by atoms with van der Waals surface area (Å²) >= 11 is 12.6. The number of nitrogens with one attached hydrogen (secondary N) is 1. The van der Waals surface area contributed by atoms with Gasteiger partial charge in [-0.3, -0.25) is 0 Å². The highest BCUT2D eigenvalue weighted by atomic mass is 35.5. The van der Waals surface area contributed by atoms with Gasteiger partial charge in [0.1, 0.15) is 5.82 Å². The van der Waals surface area contributed by atoms with Crippen LogP contribution in [0.5, 0.6) is 0 Å². The lowest BCUT2D eigenvalue weighted by Gasteiger charge is -2.20. The minimum absolute atomic E-state index is 0.106. The third kappa shape index (κ3) is 4.00. The average Bonchev–Trinajstić information content (AvgIpc) is 2.90. The first-order chi connectivity index (χ1) is 10.2. The summed E-state index contributed by atoms with van der Waals surface area (Å²) in [5.74, 6) is 1.04. The summed E-state index contributed by atoms with van der Waals surface area (Å²) in [6.07, 6.45) is 5.68. The number of halogens is 2. The van der Waals surface area contributed by atoms with Crippen molar-refractivity contribution in [2.45, 2.75) is 39.3 Å². The lowest BCUT2D eigenvalue weighted by atomic mass is 10.0. The van der Waals surface area contributed by atoms with E-state index in [0.717, 1.165) is 37.3 Å². The first-order valence-corrected chi connectivity index (χ1v) is 8.10. The van der Waals surface area contributed by atoms with E-state index < -0.39 is 0 Å². The summed E-state index contributed by atoms with van der Waals surface area (Å²) in [6, 6.07) is 5.73. The zero-order chi connectivity index (χ0) is 15.2. The normalized spacial score (nSPS) is 12.6. The van der Waals surface area contributed by atoms with Gasteiger partial charge >= 0.3 is 0 Å². The average molecular weight is 326 g/mol. The van der Waals surface area contributed by atoms with Crippen molar-refractivity contribution in [3.63, 3.8) is 0 Å². The van der Waals surface area contributed by atoms with Gasteiger partial charge in [-0.15, -0.1) is 0 Å². The van der Waals surface area contributed by atoms with Gasteiger partial charge in [0.2, 0.25) is 0 Å². The van der Waals surface area contributed by atoms with Crippen LogP contribution in [0.2, 0.25) is 10.0 Å².